The summed E-state index contributed by atoms with van der Waals surface area (Å²) in [6.07, 6.45) is 0. The second-order valence-electron chi connectivity index (χ2n) is 6.78. The van der Waals surface area contributed by atoms with Gasteiger partial charge >= 0.3 is 5.97 Å². The standard InChI is InChI=1S/C19H22INO3/c1-19(2,3)13-9-14(17(22)15(20)10-13)16(18(23)24)21-11-12-7-5-4-6-8-12/h4-10,16,21-22H,11H2,1-3H3,(H,23,24). The maximum absolute atomic E-state index is 11.8. The molecule has 0 amide bonds. The smallest absolute Gasteiger partial charge is 0.325 e. The van der Waals surface area contributed by atoms with E-state index in [2.05, 4.69) is 26.1 Å². The Labute approximate surface area is 156 Å². The SMILES string of the molecule is CC(C)(C)c1cc(I)c(O)c(C(NCc2ccccc2)C(=O)O)c1. The van der Waals surface area contributed by atoms with Gasteiger partial charge in [-0.3, -0.25) is 10.1 Å². The Morgan fingerprint density at radius 3 is 2.38 bits per heavy atom. The molecule has 5 heteroatoms. The van der Waals surface area contributed by atoms with Gasteiger partial charge in [0.25, 0.3) is 0 Å². The molecule has 1 atom stereocenters. The lowest BCUT2D eigenvalue weighted by Crippen LogP contribution is -2.29. The van der Waals surface area contributed by atoms with Crippen molar-refractivity contribution in [3.8, 4) is 5.75 Å². The van der Waals surface area contributed by atoms with Gasteiger partial charge in [-0.2, -0.15) is 0 Å². The van der Waals surface area contributed by atoms with Gasteiger partial charge in [0.15, 0.2) is 0 Å². The highest BCUT2D eigenvalue weighted by molar-refractivity contribution is 14.1. The zero-order valence-corrected chi connectivity index (χ0v) is 16.2. The molecule has 2 aromatic carbocycles. The van der Waals surface area contributed by atoms with Gasteiger partial charge in [0.2, 0.25) is 0 Å². The first-order chi connectivity index (χ1) is 11.2. The number of aliphatic carboxylic acids is 1. The molecular formula is C19H22INO3. The van der Waals surface area contributed by atoms with Crippen LogP contribution in [0.25, 0.3) is 0 Å². The van der Waals surface area contributed by atoms with Crippen molar-refractivity contribution in [1.29, 1.82) is 0 Å². The third kappa shape index (κ3) is 4.48. The second kappa shape index (κ2) is 7.53. The number of hydrogen-bond donors (Lipinski definition) is 3. The van der Waals surface area contributed by atoms with Crippen LogP contribution in [0.3, 0.4) is 0 Å². The van der Waals surface area contributed by atoms with Gasteiger partial charge in [-0.1, -0.05) is 51.1 Å². The van der Waals surface area contributed by atoms with Crippen LogP contribution >= 0.6 is 22.6 Å². The van der Waals surface area contributed by atoms with Gasteiger partial charge < -0.3 is 10.2 Å². The number of carbonyl (C=O) groups is 1. The third-order valence-corrected chi connectivity index (χ3v) is 4.69. The third-order valence-electron chi connectivity index (χ3n) is 3.87. The first-order valence-electron chi connectivity index (χ1n) is 7.73. The van der Waals surface area contributed by atoms with Crippen LogP contribution in [0.15, 0.2) is 42.5 Å². The summed E-state index contributed by atoms with van der Waals surface area (Å²) >= 11 is 2.04. The highest BCUT2D eigenvalue weighted by atomic mass is 127. The molecule has 24 heavy (non-hydrogen) atoms. The monoisotopic (exact) mass is 439 g/mol. The number of rotatable bonds is 5. The van der Waals surface area contributed by atoms with Crippen molar-refractivity contribution in [2.75, 3.05) is 0 Å². The summed E-state index contributed by atoms with van der Waals surface area (Å²) in [6, 6.07) is 12.3. The first kappa shape index (κ1) is 18.7. The molecule has 0 fully saturated rings. The maximum Gasteiger partial charge on any atom is 0.325 e. The molecule has 3 N–H and O–H groups in total. The number of halogens is 1. The summed E-state index contributed by atoms with van der Waals surface area (Å²) in [6.45, 7) is 6.60. The van der Waals surface area contributed by atoms with Crippen LogP contribution in [-0.4, -0.2) is 16.2 Å². The molecule has 0 heterocycles. The normalized spacial score (nSPS) is 12.8. The van der Waals surface area contributed by atoms with E-state index in [0.29, 0.717) is 15.7 Å². The summed E-state index contributed by atoms with van der Waals surface area (Å²) in [4.78, 5) is 11.8. The van der Waals surface area contributed by atoms with Crippen molar-refractivity contribution in [3.05, 3.63) is 62.7 Å². The zero-order chi connectivity index (χ0) is 17.9. The van der Waals surface area contributed by atoms with E-state index >= 15 is 0 Å². The van der Waals surface area contributed by atoms with E-state index in [1.54, 1.807) is 6.07 Å². The van der Waals surface area contributed by atoms with Crippen LogP contribution in [0, 0.1) is 3.57 Å². The Morgan fingerprint density at radius 1 is 1.21 bits per heavy atom. The molecular weight excluding hydrogens is 417 g/mol. The number of benzene rings is 2. The number of nitrogens with one attached hydrogen (secondary N) is 1. The average Bonchev–Trinajstić information content (AvgIpc) is 2.51. The van der Waals surface area contributed by atoms with Crippen molar-refractivity contribution in [2.24, 2.45) is 0 Å². The van der Waals surface area contributed by atoms with Crippen molar-refractivity contribution >= 4 is 28.6 Å². The van der Waals surface area contributed by atoms with Gasteiger partial charge in [0, 0.05) is 12.1 Å². The van der Waals surface area contributed by atoms with E-state index in [4.69, 9.17) is 0 Å². The summed E-state index contributed by atoms with van der Waals surface area (Å²) in [5, 5.41) is 23.1. The highest BCUT2D eigenvalue weighted by Gasteiger charge is 2.26. The van der Waals surface area contributed by atoms with E-state index in [1.165, 1.54) is 0 Å². The molecule has 128 valence electrons. The number of carboxylic acid groups (broad SMARTS) is 1. The quantitative estimate of drug-likeness (QED) is 0.611. The van der Waals surface area contributed by atoms with Crippen molar-refractivity contribution in [3.63, 3.8) is 0 Å². The minimum absolute atomic E-state index is 0.0246. The van der Waals surface area contributed by atoms with E-state index < -0.39 is 12.0 Å². The second-order valence-corrected chi connectivity index (χ2v) is 7.95. The summed E-state index contributed by atoms with van der Waals surface area (Å²) in [7, 11) is 0. The fourth-order valence-electron chi connectivity index (χ4n) is 2.42. The van der Waals surface area contributed by atoms with Crippen molar-refractivity contribution < 1.29 is 15.0 Å². The molecule has 0 aromatic heterocycles. The Kier molecular flexibility index (Phi) is 5.87. The molecule has 0 spiro atoms. The Bertz CT molecular complexity index is 723. The number of phenolic OH excluding ortho intramolecular Hbond substituents is 1. The summed E-state index contributed by atoms with van der Waals surface area (Å²) in [5.74, 6) is -0.986. The van der Waals surface area contributed by atoms with Crippen molar-refractivity contribution in [1.82, 2.24) is 5.32 Å². The van der Waals surface area contributed by atoms with Gasteiger partial charge in [-0.15, -0.1) is 0 Å². The molecule has 0 radical (unpaired) electrons. The van der Waals surface area contributed by atoms with Gasteiger partial charge in [0.1, 0.15) is 11.8 Å². The fourth-order valence-corrected chi connectivity index (χ4v) is 3.07. The summed E-state index contributed by atoms with van der Waals surface area (Å²) < 4.78 is 0.655. The molecule has 4 nitrogen and oxygen atoms in total. The average molecular weight is 439 g/mol. The van der Waals surface area contributed by atoms with E-state index in [0.717, 1.165) is 11.1 Å². The van der Waals surface area contributed by atoms with E-state index in [1.807, 2.05) is 59.0 Å². The predicted molar refractivity (Wildman–Crippen MR) is 103 cm³/mol. The Balaban J connectivity index is 2.37. The first-order valence-corrected chi connectivity index (χ1v) is 8.81. The van der Waals surface area contributed by atoms with Gasteiger partial charge in [0.05, 0.1) is 3.57 Å². The Hall–Kier alpha value is -1.60. The maximum atomic E-state index is 11.8. The summed E-state index contributed by atoms with van der Waals surface area (Å²) in [5.41, 5.74) is 2.25. The zero-order valence-electron chi connectivity index (χ0n) is 14.0. The number of carboxylic acids is 1. The van der Waals surface area contributed by atoms with Crippen LogP contribution < -0.4 is 5.32 Å². The molecule has 0 saturated carbocycles. The number of aromatic hydroxyl groups is 1. The van der Waals surface area contributed by atoms with Crippen LogP contribution in [0.5, 0.6) is 5.75 Å². The molecule has 0 aliphatic heterocycles. The topological polar surface area (TPSA) is 69.6 Å². The predicted octanol–water partition coefficient (Wildman–Crippen LogP) is 4.21. The van der Waals surface area contributed by atoms with Crippen molar-refractivity contribution in [2.45, 2.75) is 38.8 Å². The fraction of sp³-hybridized carbons (Fsp3) is 0.316. The molecule has 0 aliphatic carbocycles. The Morgan fingerprint density at radius 2 is 1.83 bits per heavy atom. The lowest BCUT2D eigenvalue weighted by atomic mass is 9.85. The molecule has 0 bridgehead atoms. The molecule has 0 aliphatic rings. The van der Waals surface area contributed by atoms with Crippen LogP contribution in [-0.2, 0) is 16.8 Å². The van der Waals surface area contributed by atoms with Gasteiger partial charge in [-0.25, -0.2) is 0 Å². The molecule has 1 unspecified atom stereocenters. The number of hydrogen-bond acceptors (Lipinski definition) is 3. The van der Waals surface area contributed by atoms with Crippen LogP contribution in [0.4, 0.5) is 0 Å². The van der Waals surface area contributed by atoms with Crippen LogP contribution in [0.2, 0.25) is 0 Å². The van der Waals surface area contributed by atoms with Crippen LogP contribution in [0.1, 0.15) is 43.5 Å². The minimum atomic E-state index is -1.01. The van der Waals surface area contributed by atoms with E-state index in [9.17, 15) is 15.0 Å². The van der Waals surface area contributed by atoms with E-state index in [-0.39, 0.29) is 11.2 Å². The molecule has 2 rings (SSSR count). The van der Waals surface area contributed by atoms with Gasteiger partial charge in [-0.05, 0) is 51.3 Å². The minimum Gasteiger partial charge on any atom is -0.506 e. The lowest BCUT2D eigenvalue weighted by Gasteiger charge is -2.24. The lowest BCUT2D eigenvalue weighted by molar-refractivity contribution is -0.139. The number of phenols is 1. The molecule has 0 saturated heterocycles. The highest BCUT2D eigenvalue weighted by Crippen LogP contribution is 2.35. The molecule has 2 aromatic rings. The largest absolute Gasteiger partial charge is 0.506 e.